The van der Waals surface area contributed by atoms with Gasteiger partial charge in [-0.15, -0.1) is 0 Å². The molecule has 2 fully saturated rings. The second kappa shape index (κ2) is 2.33. The van der Waals surface area contributed by atoms with Crippen LogP contribution in [0.15, 0.2) is 11.8 Å². The first kappa shape index (κ1) is 7.34. The first-order valence-electron chi connectivity index (χ1n) is 3.84. The van der Waals surface area contributed by atoms with Gasteiger partial charge in [0.1, 0.15) is 5.76 Å². The molecular formula is C8H9NO3. The van der Waals surface area contributed by atoms with E-state index in [0.717, 1.165) is 0 Å². The second-order valence-corrected chi connectivity index (χ2v) is 3.02. The highest BCUT2D eigenvalue weighted by molar-refractivity contribution is 5.88. The molecule has 0 saturated carbocycles. The first-order chi connectivity index (χ1) is 5.66. The van der Waals surface area contributed by atoms with E-state index in [0.29, 0.717) is 18.7 Å². The Morgan fingerprint density at radius 2 is 2.50 bits per heavy atom. The van der Waals surface area contributed by atoms with Crippen LogP contribution >= 0.6 is 0 Å². The summed E-state index contributed by atoms with van der Waals surface area (Å²) in [7, 11) is 0. The van der Waals surface area contributed by atoms with E-state index in [2.05, 4.69) is 0 Å². The van der Waals surface area contributed by atoms with E-state index in [-0.39, 0.29) is 17.9 Å². The van der Waals surface area contributed by atoms with Crippen LogP contribution in [0.1, 0.15) is 13.3 Å². The molecule has 0 aromatic rings. The summed E-state index contributed by atoms with van der Waals surface area (Å²) in [6.45, 7) is 1.93. The van der Waals surface area contributed by atoms with E-state index in [9.17, 15) is 9.59 Å². The van der Waals surface area contributed by atoms with Gasteiger partial charge in [0, 0.05) is 6.08 Å². The van der Waals surface area contributed by atoms with Crippen LogP contribution in [0.3, 0.4) is 0 Å². The largest absolute Gasteiger partial charge is 0.472 e. The quantitative estimate of drug-likeness (QED) is 0.409. The third kappa shape index (κ3) is 0.995. The number of carbonyl (C=O) groups excluding carboxylic acids is 2. The Hall–Kier alpha value is -1.32. The molecule has 2 rings (SSSR count). The number of carbonyl (C=O) groups is 2. The van der Waals surface area contributed by atoms with Crippen molar-refractivity contribution in [2.75, 3.05) is 6.54 Å². The Labute approximate surface area is 69.8 Å². The van der Waals surface area contributed by atoms with Crippen LogP contribution in [0.2, 0.25) is 0 Å². The molecule has 0 aliphatic carbocycles. The zero-order valence-corrected chi connectivity index (χ0v) is 6.74. The molecule has 1 amide bonds. The lowest BCUT2D eigenvalue weighted by atomic mass is 10.2. The van der Waals surface area contributed by atoms with Gasteiger partial charge in [0.15, 0.2) is 12.0 Å². The molecule has 1 unspecified atom stereocenters. The van der Waals surface area contributed by atoms with Crippen molar-refractivity contribution in [2.24, 2.45) is 0 Å². The summed E-state index contributed by atoms with van der Waals surface area (Å²) in [5.74, 6) is 0.672. The molecule has 0 bridgehead atoms. The Morgan fingerprint density at radius 1 is 1.75 bits per heavy atom. The maximum atomic E-state index is 10.9. The summed E-state index contributed by atoms with van der Waals surface area (Å²) in [5.41, 5.74) is 0. The van der Waals surface area contributed by atoms with Crippen molar-refractivity contribution in [1.82, 2.24) is 4.90 Å². The number of fused-ring (bicyclic) bond motifs is 1. The van der Waals surface area contributed by atoms with Gasteiger partial charge in [0.25, 0.3) is 0 Å². The van der Waals surface area contributed by atoms with E-state index >= 15 is 0 Å². The molecule has 64 valence electrons. The Balaban J connectivity index is 2.07. The molecule has 0 aromatic carbocycles. The molecule has 1 atom stereocenters. The highest BCUT2D eigenvalue weighted by Crippen LogP contribution is 2.30. The number of hydrogen-bond acceptors (Lipinski definition) is 3. The second-order valence-electron chi connectivity index (χ2n) is 3.02. The number of nitrogens with zero attached hydrogens (tertiary/aromatic N) is 1. The highest BCUT2D eigenvalue weighted by Gasteiger charge is 2.43. The summed E-state index contributed by atoms with van der Waals surface area (Å²) >= 11 is 0. The molecule has 12 heavy (non-hydrogen) atoms. The molecule has 0 spiro atoms. The standard InChI is InChI=1S/C8H9NO3/c1-5(10)2-6-4-9-7(11)3-8(9)12-6/h2,8H,3-4H2,1H3. The Bertz CT molecular complexity index is 282. The lowest BCUT2D eigenvalue weighted by Gasteiger charge is -2.30. The van der Waals surface area contributed by atoms with Gasteiger partial charge in [0.2, 0.25) is 5.91 Å². The molecular weight excluding hydrogens is 158 g/mol. The first-order valence-corrected chi connectivity index (χ1v) is 3.84. The van der Waals surface area contributed by atoms with Gasteiger partial charge in [-0.05, 0) is 6.92 Å². The molecule has 2 saturated heterocycles. The predicted molar refractivity (Wildman–Crippen MR) is 40.0 cm³/mol. The summed E-state index contributed by atoms with van der Waals surface area (Å²) in [5, 5.41) is 0. The van der Waals surface area contributed by atoms with Crippen molar-refractivity contribution in [3.63, 3.8) is 0 Å². The Kier molecular flexibility index (Phi) is 1.43. The minimum absolute atomic E-state index is 0.0417. The average Bonchev–Trinajstić information content (AvgIpc) is 2.26. The minimum Gasteiger partial charge on any atom is -0.472 e. The van der Waals surface area contributed by atoms with Crippen molar-refractivity contribution < 1.29 is 14.3 Å². The van der Waals surface area contributed by atoms with Crippen molar-refractivity contribution >= 4 is 11.7 Å². The minimum atomic E-state index is -0.0944. The van der Waals surface area contributed by atoms with E-state index in [1.807, 2.05) is 0 Å². The van der Waals surface area contributed by atoms with Crippen molar-refractivity contribution in [3.05, 3.63) is 11.8 Å². The van der Waals surface area contributed by atoms with E-state index in [4.69, 9.17) is 4.74 Å². The smallest absolute Gasteiger partial charge is 0.231 e. The molecule has 4 nitrogen and oxygen atoms in total. The van der Waals surface area contributed by atoms with Crippen LogP contribution in [-0.4, -0.2) is 29.4 Å². The fourth-order valence-electron chi connectivity index (χ4n) is 1.41. The van der Waals surface area contributed by atoms with E-state index in [1.54, 1.807) is 4.90 Å². The van der Waals surface area contributed by atoms with Crippen LogP contribution in [-0.2, 0) is 14.3 Å². The van der Waals surface area contributed by atoms with Gasteiger partial charge in [-0.25, -0.2) is 0 Å². The van der Waals surface area contributed by atoms with Crippen LogP contribution in [0.5, 0.6) is 0 Å². The third-order valence-electron chi connectivity index (χ3n) is 2.00. The van der Waals surface area contributed by atoms with Gasteiger partial charge in [-0.1, -0.05) is 0 Å². The SMILES string of the molecule is CC(=O)C=C1CN2C(=O)CC2O1. The maximum absolute atomic E-state index is 10.9. The lowest BCUT2D eigenvalue weighted by molar-refractivity contribution is -0.153. The molecule has 2 heterocycles. The summed E-state index contributed by atoms with van der Waals surface area (Å²) in [6.07, 6.45) is 1.80. The van der Waals surface area contributed by atoms with Gasteiger partial charge >= 0.3 is 0 Å². The fourth-order valence-corrected chi connectivity index (χ4v) is 1.41. The van der Waals surface area contributed by atoms with Gasteiger partial charge in [-0.3, -0.25) is 14.5 Å². The zero-order chi connectivity index (χ0) is 8.72. The Morgan fingerprint density at radius 3 is 3.00 bits per heavy atom. The molecule has 4 heteroatoms. The van der Waals surface area contributed by atoms with E-state index in [1.165, 1.54) is 13.0 Å². The summed E-state index contributed by atoms with van der Waals surface area (Å²) < 4.78 is 5.29. The zero-order valence-electron chi connectivity index (χ0n) is 6.74. The summed E-state index contributed by atoms with van der Waals surface area (Å²) in [4.78, 5) is 23.2. The average molecular weight is 167 g/mol. The summed E-state index contributed by atoms with van der Waals surface area (Å²) in [6, 6.07) is 0. The number of ether oxygens (including phenoxy) is 1. The van der Waals surface area contributed by atoms with Gasteiger partial charge in [0.05, 0.1) is 13.0 Å². The highest BCUT2D eigenvalue weighted by atomic mass is 16.5. The van der Waals surface area contributed by atoms with Crippen LogP contribution in [0.25, 0.3) is 0 Å². The maximum Gasteiger partial charge on any atom is 0.231 e. The monoisotopic (exact) mass is 167 g/mol. The van der Waals surface area contributed by atoms with Crippen molar-refractivity contribution in [1.29, 1.82) is 0 Å². The molecule has 2 aliphatic rings. The van der Waals surface area contributed by atoms with Crippen LogP contribution in [0, 0.1) is 0 Å². The number of β-lactam (4-membered cyclic amide) rings is 1. The van der Waals surface area contributed by atoms with Crippen LogP contribution in [0.4, 0.5) is 0 Å². The van der Waals surface area contributed by atoms with Gasteiger partial charge < -0.3 is 4.74 Å². The number of rotatable bonds is 1. The van der Waals surface area contributed by atoms with Crippen molar-refractivity contribution in [3.8, 4) is 0 Å². The number of allylic oxidation sites excluding steroid dienone is 1. The topological polar surface area (TPSA) is 46.6 Å². The molecule has 0 aromatic heterocycles. The predicted octanol–water partition coefficient (Wildman–Crippen LogP) is 0.0479. The normalized spacial score (nSPS) is 29.8. The van der Waals surface area contributed by atoms with Crippen molar-refractivity contribution in [2.45, 2.75) is 19.6 Å². The number of amides is 1. The lowest BCUT2D eigenvalue weighted by Crippen LogP contribution is -2.48. The molecule has 0 radical (unpaired) electrons. The van der Waals surface area contributed by atoms with Gasteiger partial charge in [-0.2, -0.15) is 0 Å². The fraction of sp³-hybridized carbons (Fsp3) is 0.500. The molecule has 0 N–H and O–H groups in total. The number of hydrogen-bond donors (Lipinski definition) is 0. The third-order valence-corrected chi connectivity index (χ3v) is 2.00. The molecule has 2 aliphatic heterocycles. The van der Waals surface area contributed by atoms with Crippen LogP contribution < -0.4 is 0 Å². The van der Waals surface area contributed by atoms with E-state index < -0.39 is 0 Å². The number of ketones is 1.